The van der Waals surface area contributed by atoms with E-state index in [1.54, 1.807) is 33.2 Å². The molecule has 0 aliphatic heterocycles. The zero-order valence-electron chi connectivity index (χ0n) is 11.4. The third-order valence-corrected chi connectivity index (χ3v) is 5.23. The molecule has 1 heterocycles. The Morgan fingerprint density at radius 2 is 1.89 bits per heavy atom. The minimum Gasteiger partial charge on any atom is -0.310 e. The molecule has 6 heteroatoms. The molecule has 0 unspecified atom stereocenters. The summed E-state index contributed by atoms with van der Waals surface area (Å²) in [6.07, 6.45) is 3.39. The number of nitrogens with one attached hydrogen (secondary N) is 1. The molecule has 102 valence electrons. The van der Waals surface area contributed by atoms with E-state index in [-0.39, 0.29) is 5.75 Å². The van der Waals surface area contributed by atoms with Gasteiger partial charge < -0.3 is 5.32 Å². The smallest absolute Gasteiger partial charge is 0.156 e. The van der Waals surface area contributed by atoms with Crippen LogP contribution in [0.15, 0.2) is 12.4 Å². The summed E-state index contributed by atoms with van der Waals surface area (Å²) in [7, 11) is -3.06. The zero-order valence-corrected chi connectivity index (χ0v) is 12.2. The monoisotopic (exact) mass is 271 g/mol. The summed E-state index contributed by atoms with van der Waals surface area (Å²) in [5.41, 5.74) is 1.68. The second-order valence-corrected chi connectivity index (χ2v) is 8.12. The van der Waals surface area contributed by atoms with Crippen molar-refractivity contribution in [1.82, 2.24) is 15.3 Å². The fraction of sp³-hybridized carbons (Fsp3) is 0.667. The van der Waals surface area contributed by atoms with Crippen LogP contribution in [-0.4, -0.2) is 35.4 Å². The Morgan fingerprint density at radius 1 is 1.22 bits per heavy atom. The van der Waals surface area contributed by atoms with E-state index in [1.807, 2.05) is 6.92 Å². The van der Waals surface area contributed by atoms with Crippen LogP contribution in [0.2, 0.25) is 0 Å². The third-order valence-electron chi connectivity index (χ3n) is 2.62. The van der Waals surface area contributed by atoms with Crippen molar-refractivity contribution < 1.29 is 8.42 Å². The molecule has 0 aliphatic carbocycles. The number of rotatable bonds is 5. The zero-order chi connectivity index (χ0) is 13.8. The number of sulfone groups is 1. The summed E-state index contributed by atoms with van der Waals surface area (Å²) in [5, 5.41) is 3.07. The SMILES string of the molecule is Cc1cnc(CNCCS(=O)(=O)C(C)(C)C)cn1. The van der Waals surface area contributed by atoms with Crippen molar-refractivity contribution in [3.63, 3.8) is 0 Å². The maximum Gasteiger partial charge on any atom is 0.156 e. The van der Waals surface area contributed by atoms with Crippen LogP contribution >= 0.6 is 0 Å². The van der Waals surface area contributed by atoms with E-state index < -0.39 is 14.6 Å². The molecule has 0 saturated heterocycles. The minimum absolute atomic E-state index is 0.135. The molecule has 5 nitrogen and oxygen atoms in total. The van der Waals surface area contributed by atoms with E-state index in [0.717, 1.165) is 11.4 Å². The Hall–Kier alpha value is -1.01. The van der Waals surface area contributed by atoms with Crippen LogP contribution in [0.1, 0.15) is 32.2 Å². The van der Waals surface area contributed by atoms with Gasteiger partial charge in [-0.05, 0) is 27.7 Å². The molecule has 0 spiro atoms. The Kier molecular flexibility index (Phi) is 4.81. The van der Waals surface area contributed by atoms with Gasteiger partial charge in [0.2, 0.25) is 0 Å². The average Bonchev–Trinajstić information content (AvgIpc) is 2.25. The molecule has 0 aromatic carbocycles. The minimum atomic E-state index is -3.06. The maximum atomic E-state index is 11.8. The summed E-state index contributed by atoms with van der Waals surface area (Å²) in [4.78, 5) is 8.31. The predicted molar refractivity (Wildman–Crippen MR) is 72.0 cm³/mol. The molecule has 18 heavy (non-hydrogen) atoms. The molecule has 1 N–H and O–H groups in total. The van der Waals surface area contributed by atoms with Crippen LogP contribution < -0.4 is 5.32 Å². The van der Waals surface area contributed by atoms with Gasteiger partial charge >= 0.3 is 0 Å². The van der Waals surface area contributed by atoms with Crippen molar-refractivity contribution >= 4 is 9.84 Å². The number of hydrogen-bond acceptors (Lipinski definition) is 5. The lowest BCUT2D eigenvalue weighted by Gasteiger charge is -2.19. The molecule has 0 amide bonds. The molecule has 1 rings (SSSR count). The van der Waals surface area contributed by atoms with Crippen molar-refractivity contribution in [3.8, 4) is 0 Å². The third kappa shape index (κ3) is 4.34. The number of hydrogen-bond donors (Lipinski definition) is 1. The molecular formula is C12H21N3O2S. The van der Waals surface area contributed by atoms with Crippen LogP contribution in [0.5, 0.6) is 0 Å². The Bertz CT molecular complexity index is 475. The maximum absolute atomic E-state index is 11.8. The Labute approximate surface area is 109 Å². The van der Waals surface area contributed by atoms with Crippen LogP contribution in [0, 0.1) is 6.92 Å². The molecule has 1 aromatic heterocycles. The van der Waals surface area contributed by atoms with E-state index in [0.29, 0.717) is 13.1 Å². The summed E-state index contributed by atoms with van der Waals surface area (Å²) in [5.74, 6) is 0.135. The van der Waals surface area contributed by atoms with Gasteiger partial charge in [-0.3, -0.25) is 9.97 Å². The van der Waals surface area contributed by atoms with Gasteiger partial charge in [0.25, 0.3) is 0 Å². The van der Waals surface area contributed by atoms with E-state index in [2.05, 4.69) is 15.3 Å². The van der Waals surface area contributed by atoms with Gasteiger partial charge in [0.05, 0.1) is 21.9 Å². The first-order chi connectivity index (χ1) is 8.22. The van der Waals surface area contributed by atoms with E-state index in [1.165, 1.54) is 0 Å². The van der Waals surface area contributed by atoms with Gasteiger partial charge in [0, 0.05) is 25.5 Å². The average molecular weight is 271 g/mol. The fourth-order valence-corrected chi connectivity index (χ4v) is 2.27. The highest BCUT2D eigenvalue weighted by molar-refractivity contribution is 7.92. The van der Waals surface area contributed by atoms with E-state index >= 15 is 0 Å². The van der Waals surface area contributed by atoms with Gasteiger partial charge in [-0.25, -0.2) is 8.42 Å². The highest BCUT2D eigenvalue weighted by Crippen LogP contribution is 2.15. The first-order valence-corrected chi connectivity index (χ1v) is 7.58. The second kappa shape index (κ2) is 5.75. The van der Waals surface area contributed by atoms with Crippen molar-refractivity contribution in [3.05, 3.63) is 23.8 Å². The first kappa shape index (κ1) is 15.0. The van der Waals surface area contributed by atoms with Gasteiger partial charge in [-0.2, -0.15) is 0 Å². The van der Waals surface area contributed by atoms with Crippen molar-refractivity contribution in [1.29, 1.82) is 0 Å². The lowest BCUT2D eigenvalue weighted by atomic mass is 10.3. The van der Waals surface area contributed by atoms with E-state index in [4.69, 9.17) is 0 Å². The standard InChI is InChI=1S/C12H21N3O2S/c1-10-7-15-11(9-14-10)8-13-5-6-18(16,17)12(2,3)4/h7,9,13H,5-6,8H2,1-4H3. The molecule has 0 fully saturated rings. The Morgan fingerprint density at radius 3 is 2.39 bits per heavy atom. The van der Waals surface area contributed by atoms with Crippen LogP contribution in [0.4, 0.5) is 0 Å². The topological polar surface area (TPSA) is 72.0 Å². The van der Waals surface area contributed by atoms with Gasteiger partial charge in [0.1, 0.15) is 0 Å². The van der Waals surface area contributed by atoms with Crippen molar-refractivity contribution in [2.75, 3.05) is 12.3 Å². The lowest BCUT2D eigenvalue weighted by Crippen LogP contribution is -2.34. The molecule has 0 atom stereocenters. The van der Waals surface area contributed by atoms with Crippen LogP contribution in [0.25, 0.3) is 0 Å². The fourth-order valence-electron chi connectivity index (χ4n) is 1.24. The lowest BCUT2D eigenvalue weighted by molar-refractivity contribution is 0.555. The van der Waals surface area contributed by atoms with Crippen molar-refractivity contribution in [2.45, 2.75) is 39.0 Å². The quantitative estimate of drug-likeness (QED) is 0.812. The van der Waals surface area contributed by atoms with E-state index in [9.17, 15) is 8.42 Å². The van der Waals surface area contributed by atoms with Gasteiger partial charge in [0.15, 0.2) is 9.84 Å². The largest absolute Gasteiger partial charge is 0.310 e. The summed E-state index contributed by atoms with van der Waals surface area (Å²) < 4.78 is 23.0. The molecule has 0 radical (unpaired) electrons. The highest BCUT2D eigenvalue weighted by atomic mass is 32.2. The Balaban J connectivity index is 2.38. The molecule has 0 aliphatic rings. The molecule has 0 bridgehead atoms. The second-order valence-electron chi connectivity index (χ2n) is 5.26. The molecular weight excluding hydrogens is 250 g/mol. The van der Waals surface area contributed by atoms with Gasteiger partial charge in [-0.15, -0.1) is 0 Å². The predicted octanol–water partition coefficient (Wildman–Crippen LogP) is 1.09. The summed E-state index contributed by atoms with van der Waals surface area (Å²) in [6, 6.07) is 0. The van der Waals surface area contributed by atoms with Crippen LogP contribution in [-0.2, 0) is 16.4 Å². The molecule has 1 aromatic rings. The normalized spacial score (nSPS) is 12.7. The summed E-state index contributed by atoms with van der Waals surface area (Å²) >= 11 is 0. The number of nitrogens with zero attached hydrogens (tertiary/aromatic N) is 2. The van der Waals surface area contributed by atoms with Crippen LogP contribution in [0.3, 0.4) is 0 Å². The summed E-state index contributed by atoms with van der Waals surface area (Å²) in [6.45, 7) is 7.98. The molecule has 0 saturated carbocycles. The number of aryl methyl sites for hydroxylation is 1. The van der Waals surface area contributed by atoms with Crippen molar-refractivity contribution in [2.24, 2.45) is 0 Å². The van der Waals surface area contributed by atoms with Gasteiger partial charge in [-0.1, -0.05) is 0 Å². The highest BCUT2D eigenvalue weighted by Gasteiger charge is 2.27. The number of aromatic nitrogens is 2. The first-order valence-electron chi connectivity index (χ1n) is 5.93.